The summed E-state index contributed by atoms with van der Waals surface area (Å²) in [5, 5.41) is 0. The third-order valence-electron chi connectivity index (χ3n) is 8.57. The zero-order valence-electron chi connectivity index (χ0n) is 23.0. The highest BCUT2D eigenvalue weighted by Crippen LogP contribution is 2.61. The molecule has 0 aromatic heterocycles. The molecule has 1 fully saturated rings. The van der Waals surface area contributed by atoms with Crippen LogP contribution in [-0.4, -0.2) is 36.2 Å². The molecule has 218 valence electrons. The fourth-order valence-electron chi connectivity index (χ4n) is 6.73. The average Bonchev–Trinajstić information content (AvgIpc) is 3.32. The largest absolute Gasteiger partial charge is 0.452 e. The summed E-state index contributed by atoms with van der Waals surface area (Å²) in [5.74, 6) is -3.98. The van der Waals surface area contributed by atoms with Crippen LogP contribution in [-0.2, 0) is 19.1 Å². The van der Waals surface area contributed by atoms with Gasteiger partial charge < -0.3 is 4.74 Å². The van der Waals surface area contributed by atoms with Crippen LogP contribution in [0.15, 0.2) is 102 Å². The van der Waals surface area contributed by atoms with Gasteiger partial charge in [0, 0.05) is 21.9 Å². The number of carbonyl (C=O) groups excluding carboxylic acids is 5. The molecular formula is C34H24BrN3O6. The van der Waals surface area contributed by atoms with Crippen molar-refractivity contribution in [2.75, 3.05) is 11.5 Å². The van der Waals surface area contributed by atoms with Crippen LogP contribution in [0.25, 0.3) is 0 Å². The van der Waals surface area contributed by atoms with Gasteiger partial charge in [0.2, 0.25) is 11.8 Å². The van der Waals surface area contributed by atoms with Gasteiger partial charge in [0.25, 0.3) is 11.8 Å². The maximum absolute atomic E-state index is 13.9. The summed E-state index contributed by atoms with van der Waals surface area (Å²) in [6, 6.07) is 28.6. The number of hydrogen-bond donors (Lipinski definition) is 2. The fourth-order valence-corrected chi connectivity index (χ4v) is 6.99. The summed E-state index contributed by atoms with van der Waals surface area (Å²) in [4.78, 5) is 65.9. The number of nitrogens with one attached hydrogen (secondary N) is 2. The van der Waals surface area contributed by atoms with Crippen molar-refractivity contribution in [2.24, 2.45) is 11.8 Å². The van der Waals surface area contributed by atoms with Gasteiger partial charge in [0.1, 0.15) is 0 Å². The van der Waals surface area contributed by atoms with Crippen molar-refractivity contribution < 1.29 is 28.7 Å². The molecule has 0 saturated carbocycles. The number of hydrogen-bond acceptors (Lipinski definition) is 6. The number of ether oxygens (including phenoxy) is 1. The molecule has 2 bridgehead atoms. The SMILES string of the molecule is O=C(COC(=O)c1ccc(N2C(=O)[C@@H]3C4c5ccccc5C(c5ccccc54)[C@H]3C2=O)cc1)NNC(=O)c1ccc(Br)cc1. The predicted octanol–water partition coefficient (Wildman–Crippen LogP) is 4.46. The number of halogens is 1. The van der Waals surface area contributed by atoms with Crippen molar-refractivity contribution >= 4 is 51.2 Å². The Bertz CT molecular complexity index is 1740. The first kappa shape index (κ1) is 27.7. The second-order valence-electron chi connectivity index (χ2n) is 10.9. The van der Waals surface area contributed by atoms with Crippen LogP contribution in [0.4, 0.5) is 5.69 Å². The maximum Gasteiger partial charge on any atom is 0.338 e. The average molecular weight is 650 g/mol. The second kappa shape index (κ2) is 10.9. The van der Waals surface area contributed by atoms with Crippen LogP contribution < -0.4 is 15.8 Å². The Morgan fingerprint density at radius 3 is 1.64 bits per heavy atom. The number of imide groups is 1. The van der Waals surface area contributed by atoms with Gasteiger partial charge >= 0.3 is 5.97 Å². The summed E-state index contributed by atoms with van der Waals surface area (Å²) in [6.07, 6.45) is 0. The molecule has 9 nitrogen and oxygen atoms in total. The van der Waals surface area contributed by atoms with Crippen molar-refractivity contribution in [3.05, 3.63) is 135 Å². The highest BCUT2D eigenvalue weighted by atomic mass is 79.9. The third kappa shape index (κ3) is 4.49. The molecule has 3 aliphatic carbocycles. The van der Waals surface area contributed by atoms with E-state index in [2.05, 4.69) is 51.0 Å². The van der Waals surface area contributed by atoms with Gasteiger partial charge in [-0.1, -0.05) is 64.5 Å². The minimum Gasteiger partial charge on any atom is -0.452 e. The van der Waals surface area contributed by atoms with Crippen LogP contribution in [0.3, 0.4) is 0 Å². The molecule has 0 radical (unpaired) electrons. The van der Waals surface area contributed by atoms with E-state index in [4.69, 9.17) is 4.74 Å². The monoisotopic (exact) mass is 649 g/mol. The van der Waals surface area contributed by atoms with E-state index in [-0.39, 0.29) is 29.2 Å². The molecule has 10 heteroatoms. The maximum atomic E-state index is 13.9. The molecule has 44 heavy (non-hydrogen) atoms. The number of amides is 4. The number of esters is 1. The van der Waals surface area contributed by atoms with Gasteiger partial charge in [0.05, 0.1) is 23.1 Å². The normalized spacial score (nSPS) is 20.8. The van der Waals surface area contributed by atoms with E-state index in [1.165, 1.54) is 29.2 Å². The van der Waals surface area contributed by atoms with E-state index >= 15 is 0 Å². The van der Waals surface area contributed by atoms with Gasteiger partial charge in [-0.2, -0.15) is 0 Å². The number of nitrogens with zero attached hydrogens (tertiary/aromatic N) is 1. The zero-order chi connectivity index (χ0) is 30.5. The van der Waals surface area contributed by atoms with E-state index in [9.17, 15) is 24.0 Å². The Kier molecular flexibility index (Phi) is 6.85. The van der Waals surface area contributed by atoms with E-state index in [1.54, 1.807) is 24.3 Å². The molecule has 4 amide bonds. The molecule has 1 saturated heterocycles. The van der Waals surface area contributed by atoms with Gasteiger partial charge in [-0.05, 0) is 70.8 Å². The lowest BCUT2D eigenvalue weighted by Gasteiger charge is -2.45. The minimum absolute atomic E-state index is 0.136. The molecule has 2 atom stereocenters. The van der Waals surface area contributed by atoms with Crippen LogP contribution in [0, 0.1) is 11.8 Å². The van der Waals surface area contributed by atoms with E-state index < -0.39 is 36.2 Å². The Morgan fingerprint density at radius 1 is 0.659 bits per heavy atom. The van der Waals surface area contributed by atoms with Crippen molar-refractivity contribution in [1.29, 1.82) is 0 Å². The minimum atomic E-state index is -0.775. The van der Waals surface area contributed by atoms with Crippen LogP contribution >= 0.6 is 15.9 Å². The molecule has 4 aromatic rings. The van der Waals surface area contributed by atoms with Crippen LogP contribution in [0.2, 0.25) is 0 Å². The lowest BCUT2D eigenvalue weighted by atomic mass is 9.55. The molecule has 0 spiro atoms. The molecule has 1 aliphatic heterocycles. The smallest absolute Gasteiger partial charge is 0.338 e. The Balaban J connectivity index is 1.02. The topological polar surface area (TPSA) is 122 Å². The predicted molar refractivity (Wildman–Crippen MR) is 163 cm³/mol. The summed E-state index contributed by atoms with van der Waals surface area (Å²) in [6.45, 7) is -0.627. The lowest BCUT2D eigenvalue weighted by molar-refractivity contribution is -0.125. The summed E-state index contributed by atoms with van der Waals surface area (Å²) < 4.78 is 5.88. The molecular weight excluding hydrogens is 626 g/mol. The Hall–Kier alpha value is -5.09. The molecule has 0 unspecified atom stereocenters. The Labute approximate surface area is 260 Å². The van der Waals surface area contributed by atoms with Gasteiger partial charge in [0.15, 0.2) is 6.61 Å². The van der Waals surface area contributed by atoms with Crippen LogP contribution in [0.1, 0.15) is 54.8 Å². The molecule has 4 aromatic carbocycles. The standard InChI is InChI=1S/C34H24BrN3O6/c35-20-13-9-18(10-14-20)31(40)37-36-26(39)17-44-34(43)19-11-15-21(16-12-19)38-32(41)29-27-22-5-1-2-6-23(22)28(30(29)33(38)42)25-8-4-3-7-24(25)27/h1-16,27-30H,17H2,(H,36,39)(H,37,40)/t27?,28?,29-,30-/m1/s1. The lowest BCUT2D eigenvalue weighted by Crippen LogP contribution is -2.43. The second-order valence-corrected chi connectivity index (χ2v) is 11.8. The molecule has 8 rings (SSSR count). The number of benzene rings is 4. The number of anilines is 1. The summed E-state index contributed by atoms with van der Waals surface area (Å²) in [5.41, 5.74) is 9.67. The zero-order valence-corrected chi connectivity index (χ0v) is 24.6. The van der Waals surface area contributed by atoms with Crippen molar-refractivity contribution in [3.63, 3.8) is 0 Å². The van der Waals surface area contributed by atoms with Crippen molar-refractivity contribution in [3.8, 4) is 0 Å². The van der Waals surface area contributed by atoms with Gasteiger partial charge in [-0.15, -0.1) is 0 Å². The first-order valence-electron chi connectivity index (χ1n) is 14.0. The number of carbonyl (C=O) groups is 5. The highest BCUT2D eigenvalue weighted by molar-refractivity contribution is 9.10. The van der Waals surface area contributed by atoms with Gasteiger partial charge in [-0.3, -0.25) is 30.0 Å². The van der Waals surface area contributed by atoms with E-state index in [0.29, 0.717) is 11.3 Å². The molecule has 1 heterocycles. The summed E-state index contributed by atoms with van der Waals surface area (Å²) >= 11 is 3.28. The first-order valence-corrected chi connectivity index (χ1v) is 14.8. The fraction of sp³-hybridized carbons (Fsp3) is 0.147. The quantitative estimate of drug-likeness (QED) is 0.187. The van der Waals surface area contributed by atoms with Crippen molar-refractivity contribution in [2.45, 2.75) is 11.8 Å². The number of hydrazine groups is 1. The van der Waals surface area contributed by atoms with E-state index in [0.717, 1.165) is 26.7 Å². The number of rotatable bonds is 5. The Morgan fingerprint density at radius 2 is 1.14 bits per heavy atom. The van der Waals surface area contributed by atoms with Crippen molar-refractivity contribution in [1.82, 2.24) is 10.9 Å². The molecule has 4 aliphatic rings. The molecule has 2 N–H and O–H groups in total. The highest BCUT2D eigenvalue weighted by Gasteiger charge is 2.61. The van der Waals surface area contributed by atoms with E-state index in [1.807, 2.05) is 24.3 Å². The summed E-state index contributed by atoms with van der Waals surface area (Å²) in [7, 11) is 0. The first-order chi connectivity index (χ1) is 21.3. The van der Waals surface area contributed by atoms with Crippen LogP contribution in [0.5, 0.6) is 0 Å². The van der Waals surface area contributed by atoms with Gasteiger partial charge in [-0.25, -0.2) is 9.69 Å². The third-order valence-corrected chi connectivity index (χ3v) is 9.09.